The first kappa shape index (κ1) is 32.4. The highest BCUT2D eigenvalue weighted by Crippen LogP contribution is 2.39. The van der Waals surface area contributed by atoms with E-state index < -0.39 is 70.4 Å². The van der Waals surface area contributed by atoms with Gasteiger partial charge >= 0.3 is 12.1 Å². The number of hydrogen-bond donors (Lipinski definition) is 2. The van der Waals surface area contributed by atoms with Crippen molar-refractivity contribution in [3.63, 3.8) is 0 Å². The number of aromatic nitrogens is 1. The minimum Gasteiger partial charge on any atom is -0.481 e. The Morgan fingerprint density at radius 3 is 2.48 bits per heavy atom. The highest BCUT2D eigenvalue weighted by molar-refractivity contribution is 5.85. The van der Waals surface area contributed by atoms with E-state index in [0.29, 0.717) is 21.8 Å². The van der Waals surface area contributed by atoms with Crippen LogP contribution in [0.3, 0.4) is 0 Å². The lowest BCUT2D eigenvalue weighted by atomic mass is 9.93. The van der Waals surface area contributed by atoms with Crippen LogP contribution in [0, 0.1) is 18.6 Å². The van der Waals surface area contributed by atoms with Crippen LogP contribution in [0.2, 0.25) is 0 Å². The molecule has 0 aliphatic carbocycles. The average Bonchev–Trinajstić information content (AvgIpc) is 2.99. The molecule has 0 radical (unpaired) electrons. The zero-order chi connectivity index (χ0) is 33.3. The molecule has 2 atom stereocenters. The molecule has 3 aromatic carbocycles. The number of carbonyl (C=O) groups excluding carboxylic acids is 1. The molecule has 0 spiro atoms. The zero-order valence-electron chi connectivity index (χ0n) is 24.5. The summed E-state index contributed by atoms with van der Waals surface area (Å²) in [5.74, 6) is -4.17. The second-order valence-electron chi connectivity index (χ2n) is 10.7. The van der Waals surface area contributed by atoms with Crippen molar-refractivity contribution in [1.82, 2.24) is 9.88 Å². The number of hydrogen-bond acceptors (Lipinski definition) is 5. The zero-order valence-corrected chi connectivity index (χ0v) is 24.5. The Hall–Kier alpha value is -5.04. The van der Waals surface area contributed by atoms with Gasteiger partial charge in [-0.15, -0.1) is 0 Å². The first-order valence-corrected chi connectivity index (χ1v) is 14.0. The van der Waals surface area contributed by atoms with Gasteiger partial charge in [0.25, 0.3) is 5.56 Å². The third-order valence-corrected chi connectivity index (χ3v) is 7.61. The molecular weight excluding hydrogens is 615 g/mol. The number of nitrogens with zero attached hydrogens (tertiary/aromatic N) is 1. The number of benzene rings is 3. The second kappa shape index (κ2) is 12.8. The lowest BCUT2D eigenvalue weighted by molar-refractivity contribution is -0.139. The number of aryl methyl sites for hydroxylation is 1. The molecule has 0 unspecified atom stereocenters. The Morgan fingerprint density at radius 1 is 1.04 bits per heavy atom. The van der Waals surface area contributed by atoms with E-state index in [9.17, 15) is 32.7 Å². The van der Waals surface area contributed by atoms with Gasteiger partial charge in [0.1, 0.15) is 29.2 Å². The summed E-state index contributed by atoms with van der Waals surface area (Å²) in [6, 6.07) is 9.63. The predicted molar refractivity (Wildman–Crippen MR) is 156 cm³/mol. The first-order valence-electron chi connectivity index (χ1n) is 14.0. The van der Waals surface area contributed by atoms with Crippen LogP contribution >= 0.6 is 0 Å². The average molecular weight is 643 g/mol. The van der Waals surface area contributed by atoms with E-state index in [2.05, 4.69) is 5.32 Å². The van der Waals surface area contributed by atoms with Crippen LogP contribution in [0.4, 0.5) is 22.0 Å². The second-order valence-corrected chi connectivity index (χ2v) is 10.7. The van der Waals surface area contributed by atoms with Crippen molar-refractivity contribution in [3.8, 4) is 22.6 Å². The Bertz CT molecular complexity index is 1890. The fraction of sp³-hybridized carbons (Fsp3) is 0.242. The highest BCUT2D eigenvalue weighted by atomic mass is 19.4. The summed E-state index contributed by atoms with van der Waals surface area (Å²) in [5, 5.41) is 12.1. The largest absolute Gasteiger partial charge is 0.481 e. The van der Waals surface area contributed by atoms with E-state index in [1.54, 1.807) is 24.3 Å². The predicted octanol–water partition coefficient (Wildman–Crippen LogP) is 6.34. The number of fused-ring (bicyclic) bond motifs is 6. The van der Waals surface area contributed by atoms with Crippen LogP contribution in [0.5, 0.6) is 11.5 Å². The molecule has 0 fully saturated rings. The standard InChI is InChI=1S/C33H27F5N2O6/c1-17-11-19-12-23(30(17)35)26(15-29(42)43)39-32(44)31(40-16-18(9-10-45-2)24(14-28(40)41)33(36,37)38)22-13-20(7-8-25(22)34)46-27-6-4-3-5-21(19)27/h3-8,11-14,16,26,31H,9-10,15H2,1-2H3,(H,39,44)(H,42,43)/t26-,31+/m1/s1. The third-order valence-electron chi connectivity index (χ3n) is 7.61. The van der Waals surface area contributed by atoms with Crippen molar-refractivity contribution in [2.45, 2.75) is 38.0 Å². The van der Waals surface area contributed by atoms with Crippen LogP contribution in [0.25, 0.3) is 11.1 Å². The number of nitrogens with one attached hydrogen (secondary N) is 1. The van der Waals surface area contributed by atoms with Crippen LogP contribution in [0.1, 0.15) is 46.3 Å². The molecule has 13 heteroatoms. The Morgan fingerprint density at radius 2 is 1.78 bits per heavy atom. The number of carboxylic acid groups (broad SMARTS) is 1. The monoisotopic (exact) mass is 642 g/mol. The first-order chi connectivity index (χ1) is 21.8. The Balaban J connectivity index is 1.81. The van der Waals surface area contributed by atoms with Crippen molar-refractivity contribution in [2.24, 2.45) is 0 Å². The molecule has 4 aromatic rings. The maximum Gasteiger partial charge on any atom is 0.416 e. The van der Waals surface area contributed by atoms with Gasteiger partial charge in [-0.05, 0) is 66.4 Å². The number of pyridine rings is 1. The molecule has 1 aromatic heterocycles. The number of rotatable bonds is 6. The number of carbonyl (C=O) groups is 2. The number of ether oxygens (including phenoxy) is 2. The van der Waals surface area contributed by atoms with Gasteiger partial charge in [-0.25, -0.2) is 8.78 Å². The van der Waals surface area contributed by atoms with E-state index >= 15 is 8.78 Å². The normalized spacial score (nSPS) is 16.3. The smallest absolute Gasteiger partial charge is 0.416 e. The Kier molecular flexibility index (Phi) is 8.97. The molecule has 2 heterocycles. The summed E-state index contributed by atoms with van der Waals surface area (Å²) >= 11 is 0. The van der Waals surface area contributed by atoms with Gasteiger partial charge in [-0.3, -0.25) is 19.0 Å². The van der Waals surface area contributed by atoms with Gasteiger partial charge in [-0.2, -0.15) is 13.2 Å². The summed E-state index contributed by atoms with van der Waals surface area (Å²) in [6.07, 6.45) is -5.28. The van der Waals surface area contributed by atoms with E-state index in [0.717, 1.165) is 18.3 Å². The van der Waals surface area contributed by atoms with E-state index in [1.165, 1.54) is 32.2 Å². The number of aliphatic carboxylic acids is 1. The number of alkyl halides is 3. The van der Waals surface area contributed by atoms with Gasteiger partial charge in [0, 0.05) is 36.1 Å². The fourth-order valence-corrected chi connectivity index (χ4v) is 5.47. The summed E-state index contributed by atoms with van der Waals surface area (Å²) in [6.45, 7) is 1.28. The van der Waals surface area contributed by atoms with Crippen LogP contribution in [0.15, 0.2) is 71.7 Å². The molecule has 5 rings (SSSR count). The number of halogens is 5. The van der Waals surface area contributed by atoms with Gasteiger partial charge in [0.15, 0.2) is 0 Å². The minimum absolute atomic E-state index is 0.0154. The number of carboxylic acids is 1. The van der Waals surface area contributed by atoms with Crippen molar-refractivity contribution in [3.05, 3.63) is 117 Å². The summed E-state index contributed by atoms with van der Waals surface area (Å²) < 4.78 is 84.7. The molecule has 2 N–H and O–H groups in total. The molecule has 1 aliphatic heterocycles. The van der Waals surface area contributed by atoms with Gasteiger partial charge in [-0.1, -0.05) is 18.2 Å². The summed E-state index contributed by atoms with van der Waals surface area (Å²) in [7, 11) is 1.27. The topological polar surface area (TPSA) is 107 Å². The van der Waals surface area contributed by atoms with Crippen LogP contribution in [-0.4, -0.2) is 35.3 Å². The number of para-hydroxylation sites is 1. The third kappa shape index (κ3) is 6.50. The molecule has 240 valence electrons. The molecule has 0 saturated heterocycles. The maximum absolute atomic E-state index is 15.7. The Labute approximate surface area is 259 Å². The molecule has 1 aliphatic rings. The van der Waals surface area contributed by atoms with Crippen LogP contribution < -0.4 is 15.6 Å². The molecule has 8 nitrogen and oxygen atoms in total. The lowest BCUT2D eigenvalue weighted by Gasteiger charge is -2.26. The molecule has 4 bridgehead atoms. The van der Waals surface area contributed by atoms with E-state index in [1.807, 2.05) is 0 Å². The lowest BCUT2D eigenvalue weighted by Crippen LogP contribution is -2.41. The van der Waals surface area contributed by atoms with Crippen molar-refractivity contribution < 1.29 is 46.1 Å². The van der Waals surface area contributed by atoms with Gasteiger partial charge < -0.3 is 19.9 Å². The van der Waals surface area contributed by atoms with Crippen molar-refractivity contribution in [1.29, 1.82) is 0 Å². The van der Waals surface area contributed by atoms with Gasteiger partial charge in [0.05, 0.1) is 24.6 Å². The molecule has 1 amide bonds. The molecular formula is C33H27F5N2O6. The molecule has 46 heavy (non-hydrogen) atoms. The van der Waals surface area contributed by atoms with Crippen molar-refractivity contribution >= 4 is 11.9 Å². The van der Waals surface area contributed by atoms with Crippen molar-refractivity contribution in [2.75, 3.05) is 13.7 Å². The maximum atomic E-state index is 15.7. The summed E-state index contributed by atoms with van der Waals surface area (Å²) in [5.41, 5.74) is -2.65. The SMILES string of the molecule is COCCc1cn([C@@H]2C(=O)N[C@H](CC(=O)O)c3cc(cc(C)c3F)-c3ccccc3Oc3ccc(F)c2c3)c(=O)cc1C(F)(F)F. The minimum atomic E-state index is -4.94. The fourth-order valence-electron chi connectivity index (χ4n) is 5.47. The summed E-state index contributed by atoms with van der Waals surface area (Å²) in [4.78, 5) is 39.3. The van der Waals surface area contributed by atoms with Crippen LogP contribution in [-0.2, 0) is 26.9 Å². The quantitative estimate of drug-likeness (QED) is 0.238. The molecule has 0 saturated carbocycles. The van der Waals surface area contributed by atoms with E-state index in [-0.39, 0.29) is 35.7 Å². The number of amides is 1. The van der Waals surface area contributed by atoms with E-state index in [4.69, 9.17) is 9.47 Å². The number of methoxy groups -OCH3 is 1. The highest BCUT2D eigenvalue weighted by Gasteiger charge is 2.37. The van der Waals surface area contributed by atoms with Gasteiger partial charge in [0.2, 0.25) is 5.91 Å².